The number of hydrogen-bond donors (Lipinski definition) is 1. The quantitative estimate of drug-likeness (QED) is 0.743. The van der Waals surface area contributed by atoms with Crippen molar-refractivity contribution in [1.82, 2.24) is 5.32 Å². The van der Waals surface area contributed by atoms with Gasteiger partial charge in [0.25, 0.3) is 0 Å². The van der Waals surface area contributed by atoms with Gasteiger partial charge in [0.15, 0.2) is 0 Å². The molecule has 4 heteroatoms. The van der Waals surface area contributed by atoms with Crippen LogP contribution in [-0.2, 0) is 9.53 Å². The van der Waals surface area contributed by atoms with Gasteiger partial charge in [-0.1, -0.05) is 19.1 Å². The van der Waals surface area contributed by atoms with Crippen molar-refractivity contribution in [3.8, 4) is 5.75 Å². The van der Waals surface area contributed by atoms with Crippen LogP contribution < -0.4 is 10.1 Å². The van der Waals surface area contributed by atoms with E-state index in [1.165, 1.54) is 0 Å². The smallest absolute Gasteiger partial charge is 0.329 e. The highest BCUT2D eigenvalue weighted by atomic mass is 16.5. The Bertz CT molecular complexity index is 433. The monoisotopic (exact) mass is 279 g/mol. The number of benzene rings is 1. The van der Waals surface area contributed by atoms with Crippen molar-refractivity contribution in [2.24, 2.45) is 0 Å². The lowest BCUT2D eigenvalue weighted by molar-refractivity contribution is -0.151. The van der Waals surface area contributed by atoms with Crippen LogP contribution in [0.2, 0.25) is 0 Å². The van der Waals surface area contributed by atoms with E-state index in [1.54, 1.807) is 6.92 Å². The van der Waals surface area contributed by atoms with E-state index in [4.69, 9.17) is 9.47 Å². The maximum absolute atomic E-state index is 12.1. The molecule has 1 atom stereocenters. The fourth-order valence-corrected chi connectivity index (χ4v) is 1.81. The number of ether oxygens (including phenoxy) is 2. The Balaban J connectivity index is 2.71. The normalized spacial score (nSPS) is 13.6. The Hall–Kier alpha value is -1.55. The van der Waals surface area contributed by atoms with Crippen LogP contribution in [-0.4, -0.2) is 31.3 Å². The van der Waals surface area contributed by atoms with Crippen molar-refractivity contribution >= 4 is 5.97 Å². The fourth-order valence-electron chi connectivity index (χ4n) is 1.81. The van der Waals surface area contributed by atoms with Crippen LogP contribution in [0.4, 0.5) is 0 Å². The highest BCUT2D eigenvalue weighted by molar-refractivity contribution is 5.80. The zero-order chi connectivity index (χ0) is 15.0. The van der Waals surface area contributed by atoms with E-state index in [0.29, 0.717) is 6.61 Å². The van der Waals surface area contributed by atoms with Crippen molar-refractivity contribution in [1.29, 1.82) is 0 Å². The van der Waals surface area contributed by atoms with Gasteiger partial charge in [-0.15, -0.1) is 0 Å². The third-order valence-electron chi connectivity index (χ3n) is 3.01. The second-order valence-electron chi connectivity index (χ2n) is 5.08. The van der Waals surface area contributed by atoms with Gasteiger partial charge in [0, 0.05) is 0 Å². The second-order valence-corrected chi connectivity index (χ2v) is 5.08. The molecule has 0 saturated carbocycles. The Morgan fingerprint density at radius 1 is 1.35 bits per heavy atom. The summed E-state index contributed by atoms with van der Waals surface area (Å²) in [5.74, 6) is 0.486. The van der Waals surface area contributed by atoms with Crippen LogP contribution in [0.5, 0.6) is 5.75 Å². The molecular weight excluding hydrogens is 254 g/mol. The van der Waals surface area contributed by atoms with Gasteiger partial charge in [-0.2, -0.15) is 0 Å². The summed E-state index contributed by atoms with van der Waals surface area (Å²) in [7, 11) is 0. The Labute approximate surface area is 121 Å². The van der Waals surface area contributed by atoms with Gasteiger partial charge in [0.2, 0.25) is 0 Å². The Kier molecular flexibility index (Phi) is 6.52. The van der Waals surface area contributed by atoms with Gasteiger partial charge in [-0.3, -0.25) is 5.32 Å². The summed E-state index contributed by atoms with van der Waals surface area (Å²) in [5, 5.41) is 3.22. The first kappa shape index (κ1) is 16.5. The molecule has 4 nitrogen and oxygen atoms in total. The summed E-state index contributed by atoms with van der Waals surface area (Å²) in [6.07, 6.45) is 0.944. The van der Waals surface area contributed by atoms with E-state index in [9.17, 15) is 4.79 Å². The molecule has 1 unspecified atom stereocenters. The van der Waals surface area contributed by atoms with E-state index in [0.717, 1.165) is 24.3 Å². The minimum Gasteiger partial charge on any atom is -0.491 e. The first-order valence-electron chi connectivity index (χ1n) is 7.13. The molecular formula is C16H25NO3. The number of carbonyl (C=O) groups is 1. The molecule has 112 valence electrons. The predicted octanol–water partition coefficient (Wildman–Crippen LogP) is 2.70. The molecule has 0 aliphatic carbocycles. The lowest BCUT2D eigenvalue weighted by Gasteiger charge is -2.28. The highest BCUT2D eigenvalue weighted by Gasteiger charge is 2.35. The fraction of sp³-hybridized carbons (Fsp3) is 0.562. The SMILES string of the molecule is CCCNC(C)(COc1cccc(C)c1)C(=O)OCC. The summed E-state index contributed by atoms with van der Waals surface area (Å²) in [6.45, 7) is 9.04. The van der Waals surface area contributed by atoms with Gasteiger partial charge in [0.1, 0.15) is 17.9 Å². The van der Waals surface area contributed by atoms with Crippen molar-refractivity contribution in [2.45, 2.75) is 39.7 Å². The Morgan fingerprint density at radius 2 is 2.10 bits per heavy atom. The van der Waals surface area contributed by atoms with E-state index in [2.05, 4.69) is 12.2 Å². The third-order valence-corrected chi connectivity index (χ3v) is 3.01. The molecule has 0 radical (unpaired) electrons. The molecule has 0 aliphatic heterocycles. The Morgan fingerprint density at radius 3 is 2.70 bits per heavy atom. The molecule has 1 aromatic carbocycles. The number of rotatable bonds is 8. The minimum atomic E-state index is -0.824. The molecule has 0 amide bonds. The van der Waals surface area contributed by atoms with Crippen LogP contribution >= 0.6 is 0 Å². The van der Waals surface area contributed by atoms with Crippen LogP contribution in [0, 0.1) is 6.92 Å². The minimum absolute atomic E-state index is 0.245. The van der Waals surface area contributed by atoms with Gasteiger partial charge in [-0.25, -0.2) is 4.79 Å². The lowest BCUT2D eigenvalue weighted by Crippen LogP contribution is -2.55. The summed E-state index contributed by atoms with van der Waals surface area (Å²) in [4.78, 5) is 12.1. The number of esters is 1. The maximum Gasteiger partial charge on any atom is 0.329 e. The van der Waals surface area contributed by atoms with Gasteiger partial charge in [0.05, 0.1) is 6.61 Å². The van der Waals surface area contributed by atoms with Crippen molar-refractivity contribution in [3.63, 3.8) is 0 Å². The third kappa shape index (κ3) is 4.85. The van der Waals surface area contributed by atoms with E-state index >= 15 is 0 Å². The summed E-state index contributed by atoms with van der Waals surface area (Å²) >= 11 is 0. The van der Waals surface area contributed by atoms with Crippen LogP contribution in [0.1, 0.15) is 32.8 Å². The average Bonchev–Trinajstić information content (AvgIpc) is 2.43. The average molecular weight is 279 g/mol. The zero-order valence-corrected chi connectivity index (χ0v) is 12.9. The molecule has 20 heavy (non-hydrogen) atoms. The zero-order valence-electron chi connectivity index (χ0n) is 12.9. The largest absolute Gasteiger partial charge is 0.491 e. The molecule has 0 heterocycles. The van der Waals surface area contributed by atoms with E-state index in [1.807, 2.05) is 38.1 Å². The van der Waals surface area contributed by atoms with E-state index in [-0.39, 0.29) is 12.6 Å². The number of carbonyl (C=O) groups excluding carboxylic acids is 1. The van der Waals surface area contributed by atoms with Crippen LogP contribution in [0.3, 0.4) is 0 Å². The number of hydrogen-bond acceptors (Lipinski definition) is 4. The van der Waals surface area contributed by atoms with Crippen molar-refractivity contribution in [3.05, 3.63) is 29.8 Å². The molecule has 1 rings (SSSR count). The predicted molar refractivity (Wildman–Crippen MR) is 80.0 cm³/mol. The lowest BCUT2D eigenvalue weighted by atomic mass is 10.0. The van der Waals surface area contributed by atoms with Crippen LogP contribution in [0.15, 0.2) is 24.3 Å². The van der Waals surface area contributed by atoms with E-state index < -0.39 is 5.54 Å². The van der Waals surface area contributed by atoms with Gasteiger partial charge >= 0.3 is 5.97 Å². The number of aryl methyl sites for hydroxylation is 1. The molecule has 0 aromatic heterocycles. The van der Waals surface area contributed by atoms with Crippen LogP contribution in [0.25, 0.3) is 0 Å². The molecule has 1 aromatic rings. The maximum atomic E-state index is 12.1. The molecule has 0 saturated heterocycles. The van der Waals surface area contributed by atoms with Crippen molar-refractivity contribution < 1.29 is 14.3 Å². The molecule has 1 N–H and O–H groups in total. The number of nitrogens with one attached hydrogen (secondary N) is 1. The molecule has 0 fully saturated rings. The molecule has 0 aliphatic rings. The van der Waals surface area contributed by atoms with Gasteiger partial charge < -0.3 is 9.47 Å². The van der Waals surface area contributed by atoms with Gasteiger partial charge in [-0.05, 0) is 51.4 Å². The summed E-state index contributed by atoms with van der Waals surface area (Å²) < 4.78 is 10.9. The first-order chi connectivity index (χ1) is 9.51. The van der Waals surface area contributed by atoms with Crippen molar-refractivity contribution in [2.75, 3.05) is 19.8 Å². The topological polar surface area (TPSA) is 47.6 Å². The first-order valence-corrected chi connectivity index (χ1v) is 7.13. The summed E-state index contributed by atoms with van der Waals surface area (Å²) in [6, 6.07) is 7.78. The molecule has 0 bridgehead atoms. The molecule has 0 spiro atoms. The summed E-state index contributed by atoms with van der Waals surface area (Å²) in [5.41, 5.74) is 0.303. The highest BCUT2D eigenvalue weighted by Crippen LogP contribution is 2.16. The second kappa shape index (κ2) is 7.90. The standard InChI is InChI=1S/C16H25NO3/c1-5-10-17-16(4,15(18)19-6-2)12-20-14-9-7-8-13(3)11-14/h7-9,11,17H,5-6,10,12H2,1-4H3.